The first-order valence-electron chi connectivity index (χ1n) is 13.8. The van der Waals surface area contributed by atoms with E-state index < -0.39 is 5.91 Å². The molecule has 6 rings (SSSR count). The molecule has 3 aromatic rings. The number of carbonyl (C=O) groups is 2. The van der Waals surface area contributed by atoms with Crippen molar-refractivity contribution in [3.05, 3.63) is 95.6 Å². The van der Waals surface area contributed by atoms with Crippen LogP contribution in [0.5, 0.6) is 5.75 Å². The number of ether oxygens (including phenoxy) is 1. The Morgan fingerprint density at radius 2 is 1.73 bits per heavy atom. The molecule has 40 heavy (non-hydrogen) atoms. The first-order chi connectivity index (χ1) is 19.5. The number of carbonyl (C=O) groups excluding carboxylic acids is 2. The Kier molecular flexibility index (Phi) is 9.09. The predicted molar refractivity (Wildman–Crippen MR) is 159 cm³/mol. The lowest BCUT2D eigenvalue weighted by atomic mass is 9.66. The number of benzene rings is 3. The van der Waals surface area contributed by atoms with Crippen LogP contribution in [0.3, 0.4) is 0 Å². The largest absolute Gasteiger partial charge is 0.496 e. The summed E-state index contributed by atoms with van der Waals surface area (Å²) in [5.41, 5.74) is 8.95. The molecule has 0 radical (unpaired) electrons. The number of piperidine rings is 3. The minimum Gasteiger partial charge on any atom is -0.496 e. The molecular formula is C32H38N4O3S. The van der Waals surface area contributed by atoms with E-state index in [2.05, 4.69) is 94.6 Å². The van der Waals surface area contributed by atoms with Gasteiger partial charge in [0.1, 0.15) is 5.75 Å². The van der Waals surface area contributed by atoms with Gasteiger partial charge in [0.15, 0.2) is 0 Å². The van der Waals surface area contributed by atoms with Crippen molar-refractivity contribution in [3.63, 3.8) is 0 Å². The fraction of sp³-hybridized carbons (Fsp3) is 0.375. The lowest BCUT2D eigenvalue weighted by Crippen LogP contribution is -2.69. The average Bonchev–Trinajstić information content (AvgIpc) is 3.00. The number of amides is 2. The first kappa shape index (κ1) is 28.2. The summed E-state index contributed by atoms with van der Waals surface area (Å²) in [5.74, 6) is 0.215. The quantitative estimate of drug-likeness (QED) is 0.311. The first-order valence-corrected chi connectivity index (χ1v) is 15.1. The minimum atomic E-state index is -0.531. The zero-order valence-corrected chi connectivity index (χ0v) is 23.9. The van der Waals surface area contributed by atoms with Crippen molar-refractivity contribution in [2.75, 3.05) is 33.0 Å². The van der Waals surface area contributed by atoms with Gasteiger partial charge in [-0.15, -0.1) is 11.8 Å². The van der Waals surface area contributed by atoms with E-state index in [-0.39, 0.29) is 42.3 Å². The van der Waals surface area contributed by atoms with Gasteiger partial charge in [0.05, 0.1) is 19.6 Å². The second kappa shape index (κ2) is 12.9. The predicted octanol–water partition coefficient (Wildman–Crippen LogP) is 3.63. The molecule has 3 heterocycles. The summed E-state index contributed by atoms with van der Waals surface area (Å²) < 4.78 is 5.71. The van der Waals surface area contributed by atoms with E-state index in [1.807, 2.05) is 6.07 Å². The molecule has 210 valence electrons. The van der Waals surface area contributed by atoms with Crippen molar-refractivity contribution in [2.45, 2.75) is 35.9 Å². The fourth-order valence-corrected chi connectivity index (χ4v) is 7.07. The van der Waals surface area contributed by atoms with Gasteiger partial charge in [0.25, 0.3) is 0 Å². The number of nitrogens with two attached hydrogens (primary N) is 1. The monoisotopic (exact) mass is 558 g/mol. The van der Waals surface area contributed by atoms with Crippen molar-refractivity contribution >= 4 is 23.6 Å². The van der Waals surface area contributed by atoms with Crippen LogP contribution in [-0.2, 0) is 16.1 Å². The molecule has 0 aromatic heterocycles. The molecule has 1 unspecified atom stereocenters. The van der Waals surface area contributed by atoms with Crippen LogP contribution in [0.15, 0.2) is 83.8 Å². The molecule has 3 aliphatic heterocycles. The molecule has 3 saturated heterocycles. The Balaban J connectivity index is 1.52. The minimum absolute atomic E-state index is 0.0277. The van der Waals surface area contributed by atoms with E-state index >= 15 is 0 Å². The van der Waals surface area contributed by atoms with Gasteiger partial charge in [0, 0.05) is 41.6 Å². The number of fused-ring (bicyclic) bond motifs is 3. The number of primary amides is 1. The molecule has 0 saturated carbocycles. The molecule has 3 aromatic carbocycles. The van der Waals surface area contributed by atoms with Crippen molar-refractivity contribution in [1.82, 2.24) is 15.5 Å². The SMILES string of the molecule is COc1ccc(SC)cc1CN[C@H]1[C@H]2CCN(C[C@@H]2C(=O)NCC(N)=O)[C@@H]1C(c1ccccc1)c1ccccc1. The molecule has 0 spiro atoms. The fourth-order valence-electron chi connectivity index (χ4n) is 6.60. The number of hydrogen-bond donors (Lipinski definition) is 3. The Morgan fingerprint density at radius 3 is 2.33 bits per heavy atom. The maximum atomic E-state index is 13.3. The second-order valence-electron chi connectivity index (χ2n) is 10.6. The summed E-state index contributed by atoms with van der Waals surface area (Å²) in [6.07, 6.45) is 2.98. The summed E-state index contributed by atoms with van der Waals surface area (Å²) in [6, 6.07) is 27.8. The number of thioether (sulfide) groups is 1. The lowest BCUT2D eigenvalue weighted by Gasteiger charge is -2.56. The number of nitrogens with one attached hydrogen (secondary N) is 2. The molecule has 2 bridgehead atoms. The average molecular weight is 559 g/mol. The van der Waals surface area contributed by atoms with Gasteiger partial charge in [0.2, 0.25) is 11.8 Å². The molecule has 3 fully saturated rings. The standard InChI is InChI=1S/C32H38N4O3S/c1-39-27-14-13-24(40-2)17-23(27)18-34-30-25-15-16-36(20-26(25)32(38)35-19-28(33)37)31(30)29(21-9-5-3-6-10-21)22-11-7-4-8-12-22/h3-14,17,25-26,29-31,34H,15-16,18-20H2,1-2H3,(H2,33,37)(H,35,38)/t25-,26-,30-,31+/m0/s1. The number of hydrogen-bond acceptors (Lipinski definition) is 6. The third-order valence-electron chi connectivity index (χ3n) is 8.40. The van der Waals surface area contributed by atoms with Gasteiger partial charge < -0.3 is 21.1 Å². The third kappa shape index (κ3) is 6.04. The smallest absolute Gasteiger partial charge is 0.236 e. The second-order valence-corrected chi connectivity index (χ2v) is 11.5. The van der Waals surface area contributed by atoms with Crippen molar-refractivity contribution < 1.29 is 14.3 Å². The summed E-state index contributed by atoms with van der Waals surface area (Å²) >= 11 is 1.71. The highest BCUT2D eigenvalue weighted by molar-refractivity contribution is 7.98. The van der Waals surface area contributed by atoms with Gasteiger partial charge in [-0.2, -0.15) is 0 Å². The van der Waals surface area contributed by atoms with Crippen LogP contribution in [0.4, 0.5) is 0 Å². The number of nitrogens with zero attached hydrogens (tertiary/aromatic N) is 1. The zero-order chi connectivity index (χ0) is 28.1. The van der Waals surface area contributed by atoms with Crippen molar-refractivity contribution in [2.24, 2.45) is 17.6 Å². The molecule has 7 nitrogen and oxygen atoms in total. The van der Waals surface area contributed by atoms with Gasteiger partial charge in [-0.25, -0.2) is 0 Å². The van der Waals surface area contributed by atoms with E-state index in [0.29, 0.717) is 13.1 Å². The Bertz CT molecular complexity index is 1270. The Hall–Kier alpha value is -3.33. The molecule has 4 N–H and O–H groups in total. The van der Waals surface area contributed by atoms with E-state index in [0.717, 1.165) is 24.3 Å². The van der Waals surface area contributed by atoms with Gasteiger partial charge >= 0.3 is 0 Å². The van der Waals surface area contributed by atoms with E-state index in [1.165, 1.54) is 16.0 Å². The van der Waals surface area contributed by atoms with Crippen LogP contribution < -0.4 is 21.1 Å². The van der Waals surface area contributed by atoms with Crippen LogP contribution in [0, 0.1) is 11.8 Å². The molecular weight excluding hydrogens is 520 g/mol. The Labute approximate surface area is 240 Å². The lowest BCUT2D eigenvalue weighted by molar-refractivity contribution is -0.136. The summed E-state index contributed by atoms with van der Waals surface area (Å²) in [5, 5.41) is 6.69. The zero-order valence-electron chi connectivity index (χ0n) is 23.1. The van der Waals surface area contributed by atoms with Gasteiger partial charge in [-0.05, 0) is 54.5 Å². The topological polar surface area (TPSA) is 96.7 Å². The van der Waals surface area contributed by atoms with Crippen LogP contribution in [0.2, 0.25) is 0 Å². The molecule has 3 aliphatic rings. The highest BCUT2D eigenvalue weighted by atomic mass is 32.2. The molecule has 8 heteroatoms. The third-order valence-corrected chi connectivity index (χ3v) is 9.12. The normalized spacial score (nSPS) is 23.6. The van der Waals surface area contributed by atoms with Gasteiger partial charge in [-0.3, -0.25) is 14.5 Å². The van der Waals surface area contributed by atoms with Gasteiger partial charge in [-0.1, -0.05) is 60.7 Å². The van der Waals surface area contributed by atoms with Crippen molar-refractivity contribution in [1.29, 1.82) is 0 Å². The van der Waals surface area contributed by atoms with E-state index in [4.69, 9.17) is 10.5 Å². The van der Waals surface area contributed by atoms with E-state index in [1.54, 1.807) is 18.9 Å². The van der Waals surface area contributed by atoms with Crippen LogP contribution in [-0.4, -0.2) is 61.8 Å². The van der Waals surface area contributed by atoms with Crippen LogP contribution >= 0.6 is 11.8 Å². The van der Waals surface area contributed by atoms with Crippen LogP contribution in [0.1, 0.15) is 29.0 Å². The van der Waals surface area contributed by atoms with Crippen LogP contribution in [0.25, 0.3) is 0 Å². The molecule has 5 atom stereocenters. The molecule has 2 amide bonds. The Morgan fingerprint density at radius 1 is 1.05 bits per heavy atom. The highest BCUT2D eigenvalue weighted by Gasteiger charge is 2.52. The molecule has 0 aliphatic carbocycles. The summed E-state index contributed by atoms with van der Waals surface area (Å²) in [4.78, 5) is 28.4. The number of rotatable bonds is 11. The summed E-state index contributed by atoms with van der Waals surface area (Å²) in [7, 11) is 1.70. The summed E-state index contributed by atoms with van der Waals surface area (Å²) in [6.45, 7) is 2.06. The number of methoxy groups -OCH3 is 1. The maximum Gasteiger partial charge on any atom is 0.236 e. The van der Waals surface area contributed by atoms with Crippen molar-refractivity contribution in [3.8, 4) is 5.75 Å². The maximum absolute atomic E-state index is 13.3. The highest BCUT2D eigenvalue weighted by Crippen LogP contribution is 2.44. The van der Waals surface area contributed by atoms with E-state index in [9.17, 15) is 9.59 Å².